The highest BCUT2D eigenvalue weighted by atomic mass is 32.1. The van der Waals surface area contributed by atoms with Crippen LogP contribution in [-0.2, 0) is 6.54 Å². The molecule has 0 saturated heterocycles. The van der Waals surface area contributed by atoms with Crippen LogP contribution >= 0.6 is 11.3 Å². The molecule has 3 aromatic heterocycles. The molecule has 3 aromatic rings. The Morgan fingerprint density at radius 1 is 1.44 bits per heavy atom. The van der Waals surface area contributed by atoms with E-state index in [1.54, 1.807) is 6.33 Å². The van der Waals surface area contributed by atoms with Gasteiger partial charge in [-0.15, -0.1) is 11.3 Å². The van der Waals surface area contributed by atoms with E-state index >= 15 is 0 Å². The van der Waals surface area contributed by atoms with E-state index in [1.165, 1.54) is 11.3 Å². The third-order valence-corrected chi connectivity index (χ3v) is 3.93. The van der Waals surface area contributed by atoms with Crippen LogP contribution in [0.25, 0.3) is 10.2 Å². The zero-order valence-electron chi connectivity index (χ0n) is 10.1. The molecule has 0 saturated carbocycles. The Balaban J connectivity index is 2.05. The molecular weight excluding hydrogens is 248 g/mol. The van der Waals surface area contributed by atoms with Crippen molar-refractivity contribution in [3.63, 3.8) is 0 Å². The lowest BCUT2D eigenvalue weighted by molar-refractivity contribution is 0.723. The molecule has 0 aliphatic rings. The fraction of sp³-hybridized carbons (Fsp3) is 0.250. The van der Waals surface area contributed by atoms with Gasteiger partial charge in [0.15, 0.2) is 0 Å². The van der Waals surface area contributed by atoms with Gasteiger partial charge in [0, 0.05) is 5.69 Å². The lowest BCUT2D eigenvalue weighted by Gasteiger charge is -2.04. The Kier molecular flexibility index (Phi) is 2.52. The third-order valence-electron chi connectivity index (χ3n) is 3.03. The molecule has 92 valence electrons. The van der Waals surface area contributed by atoms with E-state index in [9.17, 15) is 4.79 Å². The van der Waals surface area contributed by atoms with Gasteiger partial charge in [-0.1, -0.05) is 0 Å². The van der Waals surface area contributed by atoms with Gasteiger partial charge in [0.05, 0.1) is 24.1 Å². The number of rotatable bonds is 2. The number of imidazole rings is 1. The van der Waals surface area contributed by atoms with Crippen LogP contribution in [-0.4, -0.2) is 19.5 Å². The summed E-state index contributed by atoms with van der Waals surface area (Å²) in [5.74, 6) is 0.659. The highest BCUT2D eigenvalue weighted by molar-refractivity contribution is 7.17. The fourth-order valence-corrected chi connectivity index (χ4v) is 2.59. The summed E-state index contributed by atoms with van der Waals surface area (Å²) in [6, 6.07) is 1.87. The molecule has 0 atom stereocenters. The predicted octanol–water partition coefficient (Wildman–Crippen LogP) is 1.85. The lowest BCUT2D eigenvalue weighted by Crippen LogP contribution is -2.13. The maximum atomic E-state index is 11.8. The topological polar surface area (TPSA) is 63.6 Å². The van der Waals surface area contributed by atoms with E-state index in [-0.39, 0.29) is 5.56 Å². The molecule has 0 radical (unpaired) electrons. The smallest absolute Gasteiger partial charge is 0.268 e. The van der Waals surface area contributed by atoms with E-state index in [4.69, 9.17) is 0 Å². The minimum Gasteiger partial charge on any atom is -0.327 e. The van der Waals surface area contributed by atoms with Gasteiger partial charge >= 0.3 is 0 Å². The number of H-pyrrole nitrogens is 1. The number of fused-ring (bicyclic) bond motifs is 1. The van der Waals surface area contributed by atoms with Gasteiger partial charge in [-0.25, -0.2) is 9.97 Å². The van der Waals surface area contributed by atoms with Crippen LogP contribution in [0.1, 0.15) is 17.2 Å². The summed E-state index contributed by atoms with van der Waals surface area (Å²) in [4.78, 5) is 23.3. The maximum Gasteiger partial charge on any atom is 0.268 e. The molecule has 0 aliphatic carbocycles. The van der Waals surface area contributed by atoms with Gasteiger partial charge in [-0.2, -0.15) is 0 Å². The highest BCUT2D eigenvalue weighted by Gasteiger charge is 2.07. The molecule has 18 heavy (non-hydrogen) atoms. The van der Waals surface area contributed by atoms with Crippen molar-refractivity contribution < 1.29 is 0 Å². The van der Waals surface area contributed by atoms with E-state index in [2.05, 4.69) is 15.0 Å². The molecule has 3 heterocycles. The van der Waals surface area contributed by atoms with Crippen molar-refractivity contribution in [3.8, 4) is 0 Å². The zero-order valence-corrected chi connectivity index (χ0v) is 10.9. The molecule has 5 nitrogen and oxygen atoms in total. The van der Waals surface area contributed by atoms with E-state index in [0.29, 0.717) is 17.1 Å². The van der Waals surface area contributed by atoms with E-state index in [0.717, 1.165) is 16.9 Å². The number of hydrogen-bond donors (Lipinski definition) is 1. The number of aromatic nitrogens is 4. The molecule has 0 fully saturated rings. The number of thiophene rings is 1. The van der Waals surface area contributed by atoms with Gasteiger partial charge in [0.1, 0.15) is 10.5 Å². The molecule has 0 aromatic carbocycles. The first-order chi connectivity index (χ1) is 8.65. The standard InChI is InChI=1S/C12H12N4OS/c1-7-8(2)16(6-13-7)5-10-14-9-3-4-18-11(9)12(17)15-10/h3-4,6H,5H2,1-2H3,(H,14,15,17). The van der Waals surface area contributed by atoms with Crippen molar-refractivity contribution in [2.45, 2.75) is 20.4 Å². The number of aryl methyl sites for hydroxylation is 1. The average Bonchev–Trinajstić information content (AvgIpc) is 2.91. The summed E-state index contributed by atoms with van der Waals surface area (Å²) in [6.45, 7) is 4.50. The number of nitrogens with one attached hydrogen (secondary N) is 1. The van der Waals surface area contributed by atoms with Crippen LogP contribution in [0.5, 0.6) is 0 Å². The van der Waals surface area contributed by atoms with Crippen molar-refractivity contribution in [1.82, 2.24) is 19.5 Å². The molecule has 6 heteroatoms. The van der Waals surface area contributed by atoms with Crippen LogP contribution < -0.4 is 5.56 Å². The molecule has 3 rings (SSSR count). The lowest BCUT2D eigenvalue weighted by atomic mass is 10.4. The molecular formula is C12H12N4OS. The quantitative estimate of drug-likeness (QED) is 0.764. The minimum atomic E-state index is -0.0699. The second-order valence-electron chi connectivity index (χ2n) is 4.19. The van der Waals surface area contributed by atoms with Gasteiger partial charge in [0.2, 0.25) is 0 Å². The van der Waals surface area contributed by atoms with Crippen molar-refractivity contribution in [1.29, 1.82) is 0 Å². The van der Waals surface area contributed by atoms with Gasteiger partial charge in [-0.05, 0) is 25.3 Å². The summed E-state index contributed by atoms with van der Waals surface area (Å²) >= 11 is 1.41. The maximum absolute atomic E-state index is 11.8. The summed E-state index contributed by atoms with van der Waals surface area (Å²) in [6.07, 6.45) is 1.77. The second-order valence-corrected chi connectivity index (χ2v) is 5.11. The molecule has 0 unspecified atom stereocenters. The Morgan fingerprint density at radius 2 is 2.28 bits per heavy atom. The molecule has 0 bridgehead atoms. The first kappa shape index (κ1) is 11.2. The predicted molar refractivity (Wildman–Crippen MR) is 71.0 cm³/mol. The minimum absolute atomic E-state index is 0.0699. The van der Waals surface area contributed by atoms with Crippen LogP contribution in [0.2, 0.25) is 0 Å². The highest BCUT2D eigenvalue weighted by Crippen LogP contribution is 2.14. The van der Waals surface area contributed by atoms with Crippen LogP contribution in [0, 0.1) is 13.8 Å². The summed E-state index contributed by atoms with van der Waals surface area (Å²) in [5, 5.41) is 1.88. The molecule has 0 aliphatic heterocycles. The van der Waals surface area contributed by atoms with Gasteiger partial charge in [0.25, 0.3) is 5.56 Å². The summed E-state index contributed by atoms with van der Waals surface area (Å²) in [7, 11) is 0. The summed E-state index contributed by atoms with van der Waals surface area (Å²) < 4.78 is 2.66. The molecule has 0 amide bonds. The van der Waals surface area contributed by atoms with Crippen molar-refractivity contribution in [2.24, 2.45) is 0 Å². The fourth-order valence-electron chi connectivity index (χ4n) is 1.86. The van der Waals surface area contributed by atoms with Crippen molar-refractivity contribution in [2.75, 3.05) is 0 Å². The average molecular weight is 260 g/mol. The van der Waals surface area contributed by atoms with Crippen LogP contribution in [0.15, 0.2) is 22.6 Å². The number of aromatic amines is 1. The Labute approximate surface area is 107 Å². The van der Waals surface area contributed by atoms with E-state index in [1.807, 2.05) is 29.9 Å². The van der Waals surface area contributed by atoms with Gasteiger partial charge < -0.3 is 9.55 Å². The number of nitrogens with zero attached hydrogens (tertiary/aromatic N) is 3. The van der Waals surface area contributed by atoms with Crippen LogP contribution in [0.4, 0.5) is 0 Å². The van der Waals surface area contributed by atoms with Crippen LogP contribution in [0.3, 0.4) is 0 Å². The SMILES string of the molecule is Cc1ncn(Cc2nc3ccsc3c(=O)[nH]2)c1C. The zero-order chi connectivity index (χ0) is 12.7. The van der Waals surface area contributed by atoms with Gasteiger partial charge in [-0.3, -0.25) is 4.79 Å². The normalized spacial score (nSPS) is 11.2. The monoisotopic (exact) mass is 260 g/mol. The largest absolute Gasteiger partial charge is 0.327 e. The van der Waals surface area contributed by atoms with Crippen molar-refractivity contribution >= 4 is 21.6 Å². The summed E-state index contributed by atoms with van der Waals surface area (Å²) in [5.41, 5.74) is 2.77. The molecule has 0 spiro atoms. The third kappa shape index (κ3) is 1.74. The van der Waals surface area contributed by atoms with Crippen molar-refractivity contribution in [3.05, 3.63) is 45.3 Å². The first-order valence-electron chi connectivity index (χ1n) is 5.60. The first-order valence-corrected chi connectivity index (χ1v) is 6.48. The Bertz CT molecular complexity index is 768. The Hall–Kier alpha value is -1.95. The molecule has 1 N–H and O–H groups in total. The van der Waals surface area contributed by atoms with E-state index < -0.39 is 0 Å². The Morgan fingerprint density at radius 3 is 3.00 bits per heavy atom. The number of hydrogen-bond acceptors (Lipinski definition) is 4. The second kappa shape index (κ2) is 4.06.